The van der Waals surface area contributed by atoms with Crippen LogP contribution in [0.2, 0.25) is 6.04 Å². The van der Waals surface area contributed by atoms with E-state index in [0.29, 0.717) is 6.67 Å². The molecule has 0 aromatic heterocycles. The molecule has 0 fully saturated rings. The molecule has 0 bridgehead atoms. The van der Waals surface area contributed by atoms with Crippen molar-refractivity contribution in [2.24, 2.45) is 11.1 Å². The highest BCUT2D eigenvalue weighted by atomic mass is 28.4. The van der Waals surface area contributed by atoms with Crippen LogP contribution in [0.5, 0.6) is 0 Å². The van der Waals surface area contributed by atoms with Gasteiger partial charge in [-0.15, -0.1) is 0 Å². The number of nitrogens with one attached hydrogen (secondary N) is 1. The second kappa shape index (κ2) is 12.3. The molecule has 0 rings (SSSR count). The van der Waals surface area contributed by atoms with Crippen molar-refractivity contribution < 1.29 is 13.3 Å². The minimum Gasteiger partial charge on any atom is -0.377 e. The van der Waals surface area contributed by atoms with Crippen molar-refractivity contribution >= 4 is 19.2 Å². The Morgan fingerprint density at radius 1 is 1.13 bits per heavy atom. The molecule has 0 saturated carbocycles. The summed E-state index contributed by atoms with van der Waals surface area (Å²) in [6, 6.07) is 0.809. The van der Waals surface area contributed by atoms with Crippen LogP contribution in [-0.4, -0.2) is 53.8 Å². The van der Waals surface area contributed by atoms with E-state index in [0.717, 1.165) is 29.4 Å². The number of nitrogens with two attached hydrogens (primary N) is 2. The first kappa shape index (κ1) is 17.6. The second-order valence-electron chi connectivity index (χ2n) is 2.60. The molecular weight excluding hydrogens is 230 g/mol. The van der Waals surface area contributed by atoms with Crippen molar-refractivity contribution in [3.8, 4) is 0 Å². The fourth-order valence-electron chi connectivity index (χ4n) is 1.09. The van der Waals surface area contributed by atoms with Crippen molar-refractivity contribution in [3.05, 3.63) is 0 Å². The predicted molar refractivity (Wildman–Crippen MR) is 67.4 cm³/mol. The van der Waals surface area contributed by atoms with Gasteiger partial charge in [0.1, 0.15) is 0 Å². The average Bonchev–Trinajstić information content (AvgIpc) is 2.33. The van der Waals surface area contributed by atoms with E-state index in [1.807, 2.05) is 0 Å². The molecule has 0 amide bonds. The lowest BCUT2D eigenvalue weighted by molar-refractivity contribution is 0.123. The van der Waals surface area contributed by atoms with Crippen molar-refractivity contribution in [2.75, 3.05) is 34.5 Å². The van der Waals surface area contributed by atoms with Gasteiger partial charge in [-0.3, -0.25) is 0 Å². The topological polar surface area (TPSA) is 91.8 Å². The maximum atomic E-state index is 5.28. The highest BCUT2D eigenvalue weighted by molar-refractivity contribution is 6.60. The van der Waals surface area contributed by atoms with Gasteiger partial charge in [-0.1, -0.05) is 0 Å². The first-order valence-electron chi connectivity index (χ1n) is 4.88. The fourth-order valence-corrected chi connectivity index (χ4v) is 2.81. The van der Waals surface area contributed by atoms with Crippen LogP contribution in [0.15, 0.2) is 0 Å². The zero-order chi connectivity index (χ0) is 12.2. The largest absolute Gasteiger partial charge is 0.500 e. The molecule has 0 atom stereocenters. The smallest absolute Gasteiger partial charge is 0.377 e. The third-order valence-electron chi connectivity index (χ3n) is 1.91. The third kappa shape index (κ3) is 8.05. The minimum atomic E-state index is -2.35. The van der Waals surface area contributed by atoms with Crippen molar-refractivity contribution in [3.63, 3.8) is 0 Å². The fraction of sp³-hybridized carbons (Fsp3) is 1.00. The zero-order valence-electron chi connectivity index (χ0n) is 10.2. The molecule has 0 aromatic carbocycles. The second-order valence-corrected chi connectivity index (χ2v) is 5.69. The summed E-state index contributed by atoms with van der Waals surface area (Å²) in [6.07, 6.45) is 0.943. The number of hydrogen-bond donors (Lipinski definition) is 3. The summed E-state index contributed by atoms with van der Waals surface area (Å²) in [7, 11) is 3.32. The molecule has 0 unspecified atom stereocenters. The molecule has 8 heteroatoms. The maximum absolute atomic E-state index is 5.28. The van der Waals surface area contributed by atoms with E-state index in [4.69, 9.17) is 19.0 Å². The molecule has 0 radical (unpaired) electrons. The van der Waals surface area contributed by atoms with Gasteiger partial charge in [-0.05, 0) is 13.0 Å². The van der Waals surface area contributed by atoms with Gasteiger partial charge in [0.15, 0.2) is 0 Å². The minimum absolute atomic E-state index is 0.501. The van der Waals surface area contributed by atoms with Crippen LogP contribution in [0.4, 0.5) is 0 Å². The lowest BCUT2D eigenvalue weighted by Crippen LogP contribution is -2.43. The molecule has 0 aliphatic carbocycles. The van der Waals surface area contributed by atoms with Gasteiger partial charge in [0.05, 0.1) is 10.4 Å². The summed E-state index contributed by atoms with van der Waals surface area (Å²) < 4.78 is 15.8. The van der Waals surface area contributed by atoms with Gasteiger partial charge < -0.3 is 29.7 Å². The van der Waals surface area contributed by atoms with Crippen LogP contribution in [0, 0.1) is 0 Å². The van der Waals surface area contributed by atoms with Crippen molar-refractivity contribution in [2.45, 2.75) is 12.5 Å². The van der Waals surface area contributed by atoms with Crippen LogP contribution in [-0.2, 0) is 13.3 Å². The molecule has 0 aliphatic rings. The molecule has 15 heavy (non-hydrogen) atoms. The third-order valence-corrected chi connectivity index (χ3v) is 4.75. The van der Waals surface area contributed by atoms with Gasteiger partial charge in [0, 0.05) is 34.0 Å². The average molecular weight is 255 g/mol. The first-order valence-corrected chi connectivity index (χ1v) is 7.97. The van der Waals surface area contributed by atoms with Gasteiger partial charge in [-0.2, -0.15) is 0 Å². The highest BCUT2D eigenvalue weighted by Gasteiger charge is 2.36. The Morgan fingerprint density at radius 2 is 1.60 bits per heavy atom. The Morgan fingerprint density at radius 3 is 1.93 bits per heavy atom. The standard InChI is InChI=1S/C7H20N2O3Si.H5NSi/c1-10-13(11-2,12-3)6-4-5-9-7-8;1-2/h9H,4-8H2,1-3H3;1H2,2H3. The summed E-state index contributed by atoms with van der Waals surface area (Å²) in [4.78, 5) is 0. The molecule has 6 nitrogen and oxygen atoms in total. The maximum Gasteiger partial charge on any atom is 0.500 e. The van der Waals surface area contributed by atoms with Crippen LogP contribution in [0.1, 0.15) is 6.42 Å². The molecule has 0 aliphatic heterocycles. The molecule has 0 aromatic rings. The van der Waals surface area contributed by atoms with E-state index in [9.17, 15) is 0 Å². The molecule has 94 valence electrons. The predicted octanol–water partition coefficient (Wildman–Crippen LogP) is -2.01. The Balaban J connectivity index is 0. The Hall–Kier alpha value is 0.194. The van der Waals surface area contributed by atoms with E-state index >= 15 is 0 Å². The van der Waals surface area contributed by atoms with Crippen molar-refractivity contribution in [1.82, 2.24) is 5.32 Å². The monoisotopic (exact) mass is 255 g/mol. The van der Waals surface area contributed by atoms with Crippen LogP contribution in [0.3, 0.4) is 0 Å². The molecule has 0 spiro atoms. The zero-order valence-corrected chi connectivity index (χ0v) is 13.2. The lowest BCUT2D eigenvalue weighted by atomic mass is 10.5. The van der Waals surface area contributed by atoms with E-state index in [2.05, 4.69) is 10.7 Å². The Bertz CT molecular complexity index is 120. The highest BCUT2D eigenvalue weighted by Crippen LogP contribution is 2.13. The summed E-state index contributed by atoms with van der Waals surface area (Å²) in [5.41, 5.74) is 5.28. The summed E-state index contributed by atoms with van der Waals surface area (Å²) in [5.74, 6) is 0. The van der Waals surface area contributed by atoms with Gasteiger partial charge in [0.25, 0.3) is 0 Å². The lowest BCUT2D eigenvalue weighted by Gasteiger charge is -2.24. The van der Waals surface area contributed by atoms with Crippen LogP contribution < -0.4 is 16.4 Å². The van der Waals surface area contributed by atoms with Crippen LogP contribution >= 0.6 is 0 Å². The summed E-state index contributed by atoms with van der Waals surface area (Å²) in [6.45, 7) is 1.36. The Kier molecular flexibility index (Phi) is 14.4. The molecule has 0 heterocycles. The van der Waals surface area contributed by atoms with Crippen LogP contribution in [0.25, 0.3) is 0 Å². The number of rotatable bonds is 8. The van der Waals surface area contributed by atoms with E-state index in [1.54, 1.807) is 21.3 Å². The van der Waals surface area contributed by atoms with Gasteiger partial charge in [-0.25, -0.2) is 0 Å². The SMILES string of the molecule is CO[Si](CCCNCN)(OC)OC.N[SiH3]. The molecular formula is C7H25N3O3Si2. The molecule has 5 N–H and O–H groups in total. The summed E-state index contributed by atoms with van der Waals surface area (Å²) in [5, 5.41) is 7.67. The van der Waals surface area contributed by atoms with E-state index in [-0.39, 0.29) is 0 Å². The van der Waals surface area contributed by atoms with E-state index < -0.39 is 8.80 Å². The quantitative estimate of drug-likeness (QED) is 0.264. The normalized spacial score (nSPS) is 11.0. The Labute approximate surface area is 96.5 Å². The van der Waals surface area contributed by atoms with Gasteiger partial charge in [0.2, 0.25) is 0 Å². The summed E-state index contributed by atoms with van der Waals surface area (Å²) >= 11 is 0. The van der Waals surface area contributed by atoms with Gasteiger partial charge >= 0.3 is 8.80 Å². The van der Waals surface area contributed by atoms with Crippen molar-refractivity contribution in [1.29, 1.82) is 0 Å². The molecule has 0 saturated heterocycles. The number of hydrogen-bond acceptors (Lipinski definition) is 6. The first-order chi connectivity index (χ1) is 7.24. The van der Waals surface area contributed by atoms with E-state index in [1.165, 1.54) is 0 Å².